The third-order valence-electron chi connectivity index (χ3n) is 5.82. The number of rotatable bonds is 6. The van der Waals surface area contributed by atoms with Crippen LogP contribution in [0, 0.1) is 0 Å². The Morgan fingerprint density at radius 2 is 2.10 bits per heavy atom. The van der Waals surface area contributed by atoms with Crippen LogP contribution in [-0.2, 0) is 19.2 Å². The number of amides is 2. The molecule has 30 heavy (non-hydrogen) atoms. The van der Waals surface area contributed by atoms with E-state index in [4.69, 9.17) is 10.6 Å². The van der Waals surface area contributed by atoms with Crippen LogP contribution in [0.2, 0.25) is 0 Å². The number of aromatic nitrogens is 1. The van der Waals surface area contributed by atoms with Crippen molar-refractivity contribution in [3.05, 3.63) is 11.1 Å². The van der Waals surface area contributed by atoms with Crippen LogP contribution in [0.25, 0.3) is 0 Å². The predicted molar refractivity (Wildman–Crippen MR) is 111 cm³/mol. The highest BCUT2D eigenvalue weighted by Crippen LogP contribution is 2.55. The number of nitrogens with one attached hydrogen (secondary N) is 1. The Balaban J connectivity index is 1.65. The van der Waals surface area contributed by atoms with Crippen LogP contribution in [0.1, 0.15) is 51.6 Å². The fraction of sp³-hybridized carbons (Fsp3) is 0.611. The predicted octanol–water partition coefficient (Wildman–Crippen LogP) is 1.47. The number of oxime groups is 1. The van der Waals surface area contributed by atoms with Gasteiger partial charge in [0.2, 0.25) is 6.04 Å². The number of nitrogens with two attached hydrogens (primary N) is 1. The van der Waals surface area contributed by atoms with E-state index in [0.717, 1.165) is 37.0 Å². The van der Waals surface area contributed by atoms with Crippen LogP contribution in [0.5, 0.6) is 0 Å². The van der Waals surface area contributed by atoms with Crippen LogP contribution in [0.3, 0.4) is 0 Å². The van der Waals surface area contributed by atoms with Gasteiger partial charge < -0.3 is 15.7 Å². The smallest absolute Gasteiger partial charge is 0.367 e. The molecule has 2 amide bonds. The van der Waals surface area contributed by atoms with Gasteiger partial charge in [-0.05, 0) is 39.5 Å². The Kier molecular flexibility index (Phi) is 5.27. The van der Waals surface area contributed by atoms with Crippen LogP contribution in [0.4, 0.5) is 5.13 Å². The van der Waals surface area contributed by atoms with E-state index in [1.165, 1.54) is 11.8 Å². The number of aliphatic carboxylic acids is 1. The molecule has 0 radical (unpaired) electrons. The highest BCUT2D eigenvalue weighted by Gasteiger charge is 2.75. The molecule has 0 aromatic carbocycles. The molecule has 10 nitrogen and oxygen atoms in total. The maximum absolute atomic E-state index is 13.3. The van der Waals surface area contributed by atoms with Gasteiger partial charge in [-0.3, -0.25) is 4.79 Å². The molecule has 1 aromatic rings. The standard InChI is InChI=1S/C18H23N5O5S2/c1-18(2)14(16(26)27)23(11(24)7-12(23)30-18)21-15(25)13(10-8-29-17(19)20-10)22-28-9-5-3-4-6-9/h8-9,12,14H,3-7H2,1-2H3,(H3-,19,20,21,25,26,27)/p+1/t12-,14+,23?/m1/s1. The van der Waals surface area contributed by atoms with Crippen molar-refractivity contribution in [2.45, 2.75) is 68.2 Å². The number of hydrogen-bond donors (Lipinski definition) is 3. The van der Waals surface area contributed by atoms with Gasteiger partial charge in [0.1, 0.15) is 18.2 Å². The number of quaternary nitrogens is 1. The second-order valence-corrected chi connectivity index (χ2v) is 11.0. The summed E-state index contributed by atoms with van der Waals surface area (Å²) in [5, 5.41) is 15.4. The lowest BCUT2D eigenvalue weighted by molar-refractivity contribution is -0.934. The number of β-lactam (4-membered cyclic amide) rings is 1. The molecule has 2 saturated heterocycles. The van der Waals surface area contributed by atoms with Gasteiger partial charge in [-0.25, -0.2) is 14.6 Å². The van der Waals surface area contributed by atoms with E-state index in [-0.39, 0.29) is 40.3 Å². The lowest BCUT2D eigenvalue weighted by atomic mass is 9.96. The average molecular weight is 455 g/mol. The maximum atomic E-state index is 13.3. The average Bonchev–Trinajstić information content (AvgIpc) is 3.35. The number of thiazole rings is 1. The normalized spacial score (nSPS) is 30.6. The number of thioether (sulfide) groups is 1. The lowest BCUT2D eigenvalue weighted by Crippen LogP contribution is -2.79. The number of carboxylic acids is 1. The van der Waals surface area contributed by atoms with Crippen molar-refractivity contribution in [2.75, 3.05) is 5.73 Å². The van der Waals surface area contributed by atoms with Gasteiger partial charge in [0, 0.05) is 5.38 Å². The Hall–Kier alpha value is -2.18. The second-order valence-electron chi connectivity index (χ2n) is 8.26. The first-order valence-corrected chi connectivity index (χ1v) is 11.5. The summed E-state index contributed by atoms with van der Waals surface area (Å²) in [5.41, 5.74) is 8.51. The van der Waals surface area contributed by atoms with Crippen molar-refractivity contribution in [2.24, 2.45) is 5.16 Å². The molecule has 12 heteroatoms. The molecule has 4 rings (SSSR count). The van der Waals surface area contributed by atoms with Gasteiger partial charge in [0.05, 0.1) is 4.75 Å². The van der Waals surface area contributed by atoms with Gasteiger partial charge in [0.15, 0.2) is 16.2 Å². The molecule has 1 aliphatic carbocycles. The Morgan fingerprint density at radius 1 is 1.40 bits per heavy atom. The molecule has 3 aliphatic rings. The molecule has 3 fully saturated rings. The van der Waals surface area contributed by atoms with Crippen molar-refractivity contribution in [3.63, 3.8) is 0 Å². The Bertz CT molecular complexity index is 926. The maximum Gasteiger partial charge on any atom is 0.367 e. The quantitative estimate of drug-likeness (QED) is 0.254. The highest BCUT2D eigenvalue weighted by atomic mass is 32.2. The number of fused-ring (bicyclic) bond motifs is 1. The van der Waals surface area contributed by atoms with E-state index in [2.05, 4.69) is 15.6 Å². The number of carbonyl (C=O) groups excluding carboxylic acids is 2. The van der Waals surface area contributed by atoms with Crippen molar-refractivity contribution >= 4 is 51.7 Å². The van der Waals surface area contributed by atoms with E-state index in [9.17, 15) is 19.5 Å². The minimum absolute atomic E-state index is 0.0812. The zero-order chi connectivity index (χ0) is 21.7. The van der Waals surface area contributed by atoms with Crippen LogP contribution >= 0.6 is 23.1 Å². The molecule has 1 unspecified atom stereocenters. The summed E-state index contributed by atoms with van der Waals surface area (Å²) in [4.78, 5) is 47.7. The molecule has 162 valence electrons. The van der Waals surface area contributed by atoms with Crippen molar-refractivity contribution in [1.29, 1.82) is 0 Å². The number of anilines is 1. The fourth-order valence-corrected chi connectivity index (χ4v) is 6.78. The summed E-state index contributed by atoms with van der Waals surface area (Å²) >= 11 is 2.55. The summed E-state index contributed by atoms with van der Waals surface area (Å²) in [5.74, 6) is -2.18. The number of nitrogens with zero attached hydrogens (tertiary/aromatic N) is 3. The summed E-state index contributed by atoms with van der Waals surface area (Å²) < 4.78 is -1.37. The summed E-state index contributed by atoms with van der Waals surface area (Å²) in [6.07, 6.45) is 3.89. The first kappa shape index (κ1) is 21.1. The van der Waals surface area contributed by atoms with E-state index < -0.39 is 27.3 Å². The molecular weight excluding hydrogens is 430 g/mol. The first-order chi connectivity index (χ1) is 14.1. The third kappa shape index (κ3) is 3.36. The number of nitrogen functional groups attached to an aromatic ring is 1. The van der Waals surface area contributed by atoms with E-state index in [1.807, 2.05) is 0 Å². The van der Waals surface area contributed by atoms with Gasteiger partial charge in [-0.1, -0.05) is 16.9 Å². The Morgan fingerprint density at radius 3 is 2.67 bits per heavy atom. The largest absolute Gasteiger partial charge is 0.477 e. The molecule has 2 aliphatic heterocycles. The molecule has 1 aromatic heterocycles. The fourth-order valence-electron chi connectivity index (χ4n) is 4.45. The summed E-state index contributed by atoms with van der Waals surface area (Å²) in [6, 6.07) is -1.12. The molecule has 3 atom stereocenters. The monoisotopic (exact) mass is 454 g/mol. The van der Waals surface area contributed by atoms with Gasteiger partial charge in [0.25, 0.3) is 0 Å². The van der Waals surface area contributed by atoms with Crippen molar-refractivity contribution in [1.82, 2.24) is 10.4 Å². The Labute approximate surface area is 181 Å². The van der Waals surface area contributed by atoms with E-state index >= 15 is 0 Å². The van der Waals surface area contributed by atoms with Gasteiger partial charge >= 0.3 is 17.8 Å². The molecule has 0 bridgehead atoms. The minimum Gasteiger partial charge on any atom is -0.477 e. The zero-order valence-electron chi connectivity index (χ0n) is 16.7. The van der Waals surface area contributed by atoms with Crippen LogP contribution < -0.4 is 11.2 Å². The first-order valence-electron chi connectivity index (χ1n) is 9.75. The number of hydrogen-bond acceptors (Lipinski definition) is 9. The van der Waals surface area contributed by atoms with E-state index in [0.29, 0.717) is 0 Å². The number of carbonyl (C=O) groups is 3. The van der Waals surface area contributed by atoms with Crippen LogP contribution in [0.15, 0.2) is 10.5 Å². The summed E-state index contributed by atoms with van der Waals surface area (Å²) in [7, 11) is 0. The SMILES string of the molecule is CC1(C)S[C@@H]2CC(=O)[N+]2(NC(=O)C(=NOC2CCCC2)c2csc(N)n2)[C@H]1C(=O)O. The van der Waals surface area contributed by atoms with Gasteiger partial charge in [-0.15, -0.1) is 15.9 Å². The molecular formula is C18H24N5O5S2+. The highest BCUT2D eigenvalue weighted by molar-refractivity contribution is 8.01. The molecule has 1 saturated carbocycles. The van der Waals surface area contributed by atoms with Crippen molar-refractivity contribution < 1.29 is 28.9 Å². The molecule has 0 spiro atoms. The minimum atomic E-state index is -1.14. The number of carboxylic acid groups (broad SMARTS) is 1. The molecule has 4 N–H and O–H groups in total. The molecule has 3 heterocycles. The topological polar surface area (TPSA) is 144 Å². The van der Waals surface area contributed by atoms with Crippen molar-refractivity contribution in [3.8, 4) is 0 Å². The third-order valence-corrected chi connectivity index (χ3v) is 8.09. The van der Waals surface area contributed by atoms with Crippen LogP contribution in [-0.4, -0.2) is 60.4 Å². The lowest BCUT2D eigenvalue weighted by Gasteiger charge is -2.45. The zero-order valence-corrected chi connectivity index (χ0v) is 18.3. The second kappa shape index (κ2) is 7.50. The van der Waals surface area contributed by atoms with Gasteiger partial charge in [-0.2, -0.15) is 5.43 Å². The van der Waals surface area contributed by atoms with E-state index in [1.54, 1.807) is 19.2 Å². The summed E-state index contributed by atoms with van der Waals surface area (Å²) in [6.45, 7) is 3.54.